The van der Waals surface area contributed by atoms with Crippen LogP contribution in [-0.2, 0) is 0 Å². The lowest BCUT2D eigenvalue weighted by Crippen LogP contribution is -2.42. The van der Waals surface area contributed by atoms with Crippen molar-refractivity contribution in [3.63, 3.8) is 0 Å². The monoisotopic (exact) mass is 441 g/mol. The third kappa shape index (κ3) is 3.98. The number of nitrogens with zero attached hydrogens (tertiary/aromatic N) is 5. The molecule has 1 aliphatic heterocycles. The number of thiazole rings is 1. The average molecular weight is 441 g/mol. The van der Waals surface area contributed by atoms with Crippen molar-refractivity contribution in [1.82, 2.24) is 24.9 Å². The zero-order valence-electron chi connectivity index (χ0n) is 16.2. The molecule has 10 heteroatoms. The van der Waals surface area contributed by atoms with Gasteiger partial charge in [-0.1, -0.05) is 29.5 Å². The van der Waals surface area contributed by atoms with Gasteiger partial charge in [-0.15, -0.1) is 5.10 Å². The Bertz CT molecular complexity index is 1240. The highest BCUT2D eigenvalue weighted by Crippen LogP contribution is 2.32. The van der Waals surface area contributed by atoms with Gasteiger partial charge in [0.2, 0.25) is 0 Å². The molecule has 0 N–H and O–H groups in total. The third-order valence-electron chi connectivity index (χ3n) is 5.09. The molecule has 0 atom stereocenters. The molecule has 1 saturated heterocycles. The van der Waals surface area contributed by atoms with Crippen LogP contribution in [0.25, 0.3) is 15.9 Å². The number of rotatable bonds is 4. The molecule has 0 saturated carbocycles. The molecule has 31 heavy (non-hydrogen) atoms. The molecule has 1 aliphatic rings. The van der Waals surface area contributed by atoms with Crippen molar-refractivity contribution in [2.75, 3.05) is 13.1 Å². The fourth-order valence-electron chi connectivity index (χ4n) is 3.52. The van der Waals surface area contributed by atoms with Gasteiger partial charge in [-0.05, 0) is 18.2 Å². The molecule has 7 nitrogen and oxygen atoms in total. The highest BCUT2D eigenvalue weighted by Gasteiger charge is 2.27. The fraction of sp³-hybridized carbons (Fsp3) is 0.238. The summed E-state index contributed by atoms with van der Waals surface area (Å²) in [5.41, 5.74) is 1.17. The first-order valence-corrected chi connectivity index (χ1v) is 10.6. The van der Waals surface area contributed by atoms with Gasteiger partial charge in [-0.3, -0.25) is 4.79 Å². The summed E-state index contributed by atoms with van der Waals surface area (Å²) in [5.74, 6) is -1.53. The second-order valence-electron chi connectivity index (χ2n) is 7.18. The van der Waals surface area contributed by atoms with Crippen molar-refractivity contribution in [1.29, 1.82) is 0 Å². The maximum atomic E-state index is 13.8. The number of para-hydroxylation sites is 1. The van der Waals surface area contributed by atoms with Crippen LogP contribution >= 0.6 is 11.3 Å². The van der Waals surface area contributed by atoms with E-state index < -0.39 is 11.6 Å². The molecule has 4 aromatic rings. The molecule has 0 bridgehead atoms. The lowest BCUT2D eigenvalue weighted by Gasteiger charge is -2.31. The smallest absolute Gasteiger partial charge is 0.276 e. The highest BCUT2D eigenvalue weighted by molar-refractivity contribution is 7.20. The number of hydrogen-bond donors (Lipinski definition) is 0. The quantitative estimate of drug-likeness (QED) is 0.481. The molecule has 158 valence electrons. The summed E-state index contributed by atoms with van der Waals surface area (Å²) >= 11 is 1.11. The van der Waals surface area contributed by atoms with Crippen LogP contribution in [0.5, 0.6) is 5.19 Å². The zero-order chi connectivity index (χ0) is 21.4. The minimum absolute atomic E-state index is 0.107. The van der Waals surface area contributed by atoms with E-state index in [-0.39, 0.29) is 23.2 Å². The first kappa shape index (κ1) is 19.6. The summed E-state index contributed by atoms with van der Waals surface area (Å²) in [4.78, 5) is 20.1. The zero-order valence-corrected chi connectivity index (χ0v) is 17.1. The Kier molecular flexibility index (Phi) is 5.06. The van der Waals surface area contributed by atoms with Gasteiger partial charge in [-0.2, -0.15) is 14.9 Å². The number of aromatic nitrogens is 4. The van der Waals surface area contributed by atoms with Crippen LogP contribution in [0.15, 0.2) is 48.7 Å². The van der Waals surface area contributed by atoms with Crippen molar-refractivity contribution in [3.05, 3.63) is 66.0 Å². The highest BCUT2D eigenvalue weighted by atomic mass is 32.1. The largest absolute Gasteiger partial charge is 0.467 e. The Balaban J connectivity index is 1.21. The third-order valence-corrected chi connectivity index (χ3v) is 5.98. The Morgan fingerprint density at radius 2 is 1.90 bits per heavy atom. The topological polar surface area (TPSA) is 73.1 Å². The van der Waals surface area contributed by atoms with Crippen LogP contribution in [0.2, 0.25) is 0 Å². The van der Waals surface area contributed by atoms with E-state index in [1.165, 1.54) is 17.1 Å². The van der Waals surface area contributed by atoms with Crippen molar-refractivity contribution in [3.8, 4) is 10.9 Å². The van der Waals surface area contributed by atoms with E-state index in [9.17, 15) is 13.6 Å². The minimum atomic E-state index is -0.704. The number of piperidine rings is 1. The summed E-state index contributed by atoms with van der Waals surface area (Å²) in [7, 11) is 0. The number of ether oxygens (including phenoxy) is 1. The standard InChI is InChI=1S/C21H17F2N5O2S/c22-13-10-16(23)19-18(11-13)31-21(25-19)30-15-6-8-27(9-7-15)20(29)17-12-24-28(26-17)14-4-2-1-3-5-14/h1-5,10-12,15H,6-9H2. The predicted molar refractivity (Wildman–Crippen MR) is 110 cm³/mol. The van der Waals surface area contributed by atoms with E-state index in [1.54, 1.807) is 4.90 Å². The van der Waals surface area contributed by atoms with E-state index >= 15 is 0 Å². The lowest BCUT2D eigenvalue weighted by molar-refractivity contribution is 0.0589. The van der Waals surface area contributed by atoms with E-state index in [2.05, 4.69) is 15.2 Å². The van der Waals surface area contributed by atoms with Gasteiger partial charge in [-0.25, -0.2) is 8.78 Å². The van der Waals surface area contributed by atoms with Crippen molar-refractivity contribution in [2.24, 2.45) is 0 Å². The van der Waals surface area contributed by atoms with E-state index in [0.717, 1.165) is 23.1 Å². The Hall–Kier alpha value is -3.40. The van der Waals surface area contributed by atoms with Gasteiger partial charge in [0, 0.05) is 32.0 Å². The van der Waals surface area contributed by atoms with Crippen LogP contribution in [0.3, 0.4) is 0 Å². The van der Waals surface area contributed by atoms with E-state index in [0.29, 0.717) is 35.8 Å². The number of hydrogen-bond acceptors (Lipinski definition) is 6. The molecule has 0 aliphatic carbocycles. The molecule has 2 aromatic heterocycles. The molecular formula is C21H17F2N5O2S. The maximum absolute atomic E-state index is 13.8. The molecule has 1 fully saturated rings. The lowest BCUT2D eigenvalue weighted by atomic mass is 10.1. The number of benzene rings is 2. The number of carbonyl (C=O) groups is 1. The molecule has 1 amide bonds. The molecule has 0 spiro atoms. The summed E-state index contributed by atoms with van der Waals surface area (Å²) in [5, 5.41) is 8.77. The normalized spacial score (nSPS) is 14.8. The van der Waals surface area contributed by atoms with Gasteiger partial charge < -0.3 is 9.64 Å². The van der Waals surface area contributed by atoms with Gasteiger partial charge in [0.15, 0.2) is 11.5 Å². The minimum Gasteiger partial charge on any atom is -0.467 e. The first-order valence-electron chi connectivity index (χ1n) is 9.76. The second-order valence-corrected chi connectivity index (χ2v) is 8.17. The number of likely N-dealkylation sites (tertiary alicyclic amines) is 1. The number of amides is 1. The molecule has 3 heterocycles. The first-order chi connectivity index (χ1) is 15.1. The summed E-state index contributed by atoms with van der Waals surface area (Å²) < 4.78 is 33.5. The number of fused-ring (bicyclic) bond motifs is 1. The maximum Gasteiger partial charge on any atom is 0.276 e. The van der Waals surface area contributed by atoms with Gasteiger partial charge in [0.05, 0.1) is 16.6 Å². The Labute approximate surface area is 179 Å². The average Bonchev–Trinajstić information content (AvgIpc) is 3.42. The summed E-state index contributed by atoms with van der Waals surface area (Å²) in [6, 6.07) is 11.4. The molecule has 0 unspecified atom stereocenters. The van der Waals surface area contributed by atoms with Crippen molar-refractivity contribution >= 4 is 27.5 Å². The Morgan fingerprint density at radius 3 is 2.68 bits per heavy atom. The van der Waals surface area contributed by atoms with Crippen LogP contribution in [-0.4, -0.2) is 50.0 Å². The Morgan fingerprint density at radius 1 is 1.13 bits per heavy atom. The van der Waals surface area contributed by atoms with Gasteiger partial charge >= 0.3 is 0 Å². The van der Waals surface area contributed by atoms with E-state index in [4.69, 9.17) is 4.74 Å². The fourth-order valence-corrected chi connectivity index (χ4v) is 4.44. The van der Waals surface area contributed by atoms with E-state index in [1.807, 2.05) is 30.3 Å². The summed E-state index contributed by atoms with van der Waals surface area (Å²) in [6.45, 7) is 0.991. The molecule has 0 radical (unpaired) electrons. The SMILES string of the molecule is O=C(c1cnn(-c2ccccc2)n1)N1CCC(Oc2nc3c(F)cc(F)cc3s2)CC1. The molecule has 5 rings (SSSR count). The predicted octanol–water partition coefficient (Wildman–Crippen LogP) is 3.84. The van der Waals surface area contributed by atoms with Crippen LogP contribution in [0.4, 0.5) is 8.78 Å². The van der Waals surface area contributed by atoms with Crippen molar-refractivity contribution in [2.45, 2.75) is 18.9 Å². The van der Waals surface area contributed by atoms with Crippen LogP contribution < -0.4 is 4.74 Å². The van der Waals surface area contributed by atoms with Gasteiger partial charge in [0.1, 0.15) is 17.4 Å². The second kappa shape index (κ2) is 8.03. The molecular weight excluding hydrogens is 424 g/mol. The van der Waals surface area contributed by atoms with Crippen molar-refractivity contribution < 1.29 is 18.3 Å². The van der Waals surface area contributed by atoms with Crippen LogP contribution in [0.1, 0.15) is 23.3 Å². The summed E-state index contributed by atoms with van der Waals surface area (Å²) in [6.07, 6.45) is 2.51. The number of halogens is 2. The number of carbonyl (C=O) groups excluding carboxylic acids is 1. The van der Waals surface area contributed by atoms with Crippen LogP contribution in [0, 0.1) is 11.6 Å². The van der Waals surface area contributed by atoms with Gasteiger partial charge in [0.25, 0.3) is 11.1 Å². The molecule has 2 aromatic carbocycles.